The third kappa shape index (κ3) is 3.03. The predicted octanol–water partition coefficient (Wildman–Crippen LogP) is 2.15. The lowest BCUT2D eigenvalue weighted by Gasteiger charge is -2.29. The smallest absolute Gasteiger partial charge is 0.327 e. The summed E-state index contributed by atoms with van der Waals surface area (Å²) in [7, 11) is 1.71. The maximum atomic E-state index is 12.4. The molecule has 2 rings (SSSR count). The van der Waals surface area contributed by atoms with Crippen molar-refractivity contribution in [3.63, 3.8) is 0 Å². The van der Waals surface area contributed by atoms with E-state index in [0.29, 0.717) is 12.3 Å². The molecule has 0 radical (unpaired) electrons. The fraction of sp³-hybridized carbons (Fsp3) is 0.500. The van der Waals surface area contributed by atoms with Gasteiger partial charge in [0, 0.05) is 17.7 Å². The molecular weight excluding hydrogens is 284 g/mol. The molecule has 1 aromatic heterocycles. The number of nitrogens with zero attached hydrogens (tertiary/aromatic N) is 2. The first-order chi connectivity index (χ1) is 9.00. The molecule has 0 saturated carbocycles. The maximum absolute atomic E-state index is 12.4. The average Bonchev–Trinajstić information content (AvgIpc) is 2.97. The van der Waals surface area contributed by atoms with E-state index in [1.807, 2.05) is 24.4 Å². The number of rotatable bonds is 3. The van der Waals surface area contributed by atoms with Gasteiger partial charge in [0.05, 0.1) is 11.9 Å². The highest BCUT2D eigenvalue weighted by Crippen LogP contribution is 2.30. The third-order valence-electron chi connectivity index (χ3n) is 3.03. The van der Waals surface area contributed by atoms with E-state index in [1.165, 1.54) is 16.7 Å². The number of carbonyl (C=O) groups is 2. The normalized spacial score (nSPS) is 22.5. The fourth-order valence-corrected chi connectivity index (χ4v) is 3.94. The van der Waals surface area contributed by atoms with Crippen LogP contribution in [0.15, 0.2) is 17.5 Å². The van der Waals surface area contributed by atoms with Gasteiger partial charge in [0.25, 0.3) is 0 Å². The summed E-state index contributed by atoms with van der Waals surface area (Å²) in [6.45, 7) is 2.38. The Bertz CT molecular complexity index is 464. The van der Waals surface area contributed by atoms with Crippen LogP contribution in [0, 0.1) is 0 Å². The van der Waals surface area contributed by atoms with Crippen LogP contribution in [0.25, 0.3) is 0 Å². The lowest BCUT2D eigenvalue weighted by molar-refractivity contribution is -0.141. The van der Waals surface area contributed by atoms with Gasteiger partial charge in [-0.2, -0.15) is 0 Å². The van der Waals surface area contributed by atoms with Gasteiger partial charge in [-0.05, 0) is 18.4 Å². The van der Waals surface area contributed by atoms with Crippen LogP contribution < -0.4 is 0 Å². The van der Waals surface area contributed by atoms with Gasteiger partial charge in [0.1, 0.15) is 6.04 Å². The highest BCUT2D eigenvalue weighted by atomic mass is 32.2. The van der Waals surface area contributed by atoms with E-state index in [1.54, 1.807) is 23.3 Å². The molecule has 0 spiro atoms. The van der Waals surface area contributed by atoms with Gasteiger partial charge in [-0.25, -0.2) is 9.59 Å². The molecule has 2 amide bonds. The second kappa shape index (κ2) is 5.83. The monoisotopic (exact) mass is 300 g/mol. The number of thioether (sulfide) groups is 1. The Morgan fingerprint density at radius 1 is 1.58 bits per heavy atom. The maximum Gasteiger partial charge on any atom is 0.327 e. The zero-order chi connectivity index (χ0) is 14.0. The molecule has 1 aromatic rings. The Labute approximate surface area is 120 Å². The van der Waals surface area contributed by atoms with Crippen LogP contribution in [0.1, 0.15) is 11.8 Å². The minimum atomic E-state index is -0.935. The molecule has 7 heteroatoms. The number of carboxylic acid groups (broad SMARTS) is 1. The van der Waals surface area contributed by atoms with Crippen LogP contribution >= 0.6 is 23.1 Å². The number of hydrogen-bond acceptors (Lipinski definition) is 4. The minimum Gasteiger partial charge on any atom is -0.480 e. The van der Waals surface area contributed by atoms with Gasteiger partial charge in [-0.15, -0.1) is 23.1 Å². The van der Waals surface area contributed by atoms with Crippen molar-refractivity contribution in [3.8, 4) is 0 Å². The number of carbonyl (C=O) groups excluding carboxylic acids is 1. The Balaban J connectivity index is 2.06. The molecular formula is C12H16N2O3S2. The molecule has 2 heterocycles. The molecule has 0 aliphatic carbocycles. The summed E-state index contributed by atoms with van der Waals surface area (Å²) in [5, 5.41) is 11.0. The quantitative estimate of drug-likeness (QED) is 0.929. The Hall–Kier alpha value is -1.21. The van der Waals surface area contributed by atoms with E-state index < -0.39 is 12.0 Å². The summed E-state index contributed by atoms with van der Waals surface area (Å²) in [6, 6.07) is 2.95. The van der Waals surface area contributed by atoms with Crippen LogP contribution in [0.2, 0.25) is 0 Å². The minimum absolute atomic E-state index is 0.0978. The van der Waals surface area contributed by atoms with E-state index in [4.69, 9.17) is 5.11 Å². The first-order valence-electron chi connectivity index (χ1n) is 5.91. The van der Waals surface area contributed by atoms with Crippen LogP contribution in [0.3, 0.4) is 0 Å². The first-order valence-corrected chi connectivity index (χ1v) is 7.83. The largest absolute Gasteiger partial charge is 0.480 e. The average molecular weight is 300 g/mol. The zero-order valence-electron chi connectivity index (χ0n) is 10.8. The molecule has 2 unspecified atom stereocenters. The summed E-state index contributed by atoms with van der Waals surface area (Å²) < 4.78 is 0. The molecule has 2 atom stereocenters. The van der Waals surface area contributed by atoms with Crippen molar-refractivity contribution in [1.82, 2.24) is 9.80 Å². The number of urea groups is 1. The Morgan fingerprint density at radius 2 is 2.32 bits per heavy atom. The van der Waals surface area contributed by atoms with E-state index in [0.717, 1.165) is 4.88 Å². The van der Waals surface area contributed by atoms with Crippen LogP contribution in [-0.4, -0.2) is 51.1 Å². The number of hydrogen-bond donors (Lipinski definition) is 1. The van der Waals surface area contributed by atoms with E-state index in [-0.39, 0.29) is 11.4 Å². The van der Waals surface area contributed by atoms with Gasteiger partial charge < -0.3 is 10.0 Å². The predicted molar refractivity (Wildman–Crippen MR) is 76.4 cm³/mol. The van der Waals surface area contributed by atoms with Crippen molar-refractivity contribution in [2.24, 2.45) is 0 Å². The molecule has 5 nitrogen and oxygen atoms in total. The summed E-state index contributed by atoms with van der Waals surface area (Å²) in [5.41, 5.74) is 0. The van der Waals surface area contributed by atoms with Crippen LogP contribution in [0.5, 0.6) is 0 Å². The second-order valence-electron chi connectivity index (χ2n) is 4.41. The molecule has 19 heavy (non-hydrogen) atoms. The van der Waals surface area contributed by atoms with Crippen molar-refractivity contribution in [2.45, 2.75) is 24.9 Å². The van der Waals surface area contributed by atoms with E-state index in [2.05, 4.69) is 0 Å². The summed E-state index contributed by atoms with van der Waals surface area (Å²) in [4.78, 5) is 27.7. The number of amides is 2. The van der Waals surface area contributed by atoms with Gasteiger partial charge in [-0.1, -0.05) is 6.07 Å². The Kier molecular flexibility index (Phi) is 4.36. The van der Waals surface area contributed by atoms with Crippen molar-refractivity contribution in [3.05, 3.63) is 22.4 Å². The summed E-state index contributed by atoms with van der Waals surface area (Å²) >= 11 is 3.08. The van der Waals surface area contributed by atoms with Crippen LogP contribution in [0.4, 0.5) is 4.79 Å². The fourth-order valence-electron chi connectivity index (χ4n) is 2.02. The van der Waals surface area contributed by atoms with E-state index in [9.17, 15) is 9.59 Å². The summed E-state index contributed by atoms with van der Waals surface area (Å²) in [6.07, 6.45) is 0. The third-order valence-corrected chi connectivity index (χ3v) is 5.11. The van der Waals surface area contributed by atoms with Crippen LogP contribution in [-0.2, 0) is 11.3 Å². The van der Waals surface area contributed by atoms with Gasteiger partial charge >= 0.3 is 12.0 Å². The topological polar surface area (TPSA) is 60.9 Å². The van der Waals surface area contributed by atoms with Crippen molar-refractivity contribution in [1.29, 1.82) is 0 Å². The van der Waals surface area contributed by atoms with Crippen molar-refractivity contribution >= 4 is 35.1 Å². The van der Waals surface area contributed by atoms with Gasteiger partial charge in [-0.3, -0.25) is 4.90 Å². The SMILES string of the molecule is CC1SCC(C(=O)O)N1C(=O)N(C)Cc1cccs1. The van der Waals surface area contributed by atoms with Crippen molar-refractivity contribution in [2.75, 3.05) is 12.8 Å². The standard InChI is InChI=1S/C12H16N2O3S2/c1-8-14(10(7-19-8)11(15)16)12(17)13(2)6-9-4-3-5-18-9/h3-5,8,10H,6-7H2,1-2H3,(H,15,16). The lowest BCUT2D eigenvalue weighted by atomic mass is 10.3. The molecule has 0 bridgehead atoms. The lowest BCUT2D eigenvalue weighted by Crippen LogP contribution is -2.49. The molecule has 1 aliphatic rings. The van der Waals surface area contributed by atoms with Crippen molar-refractivity contribution < 1.29 is 14.7 Å². The van der Waals surface area contributed by atoms with Gasteiger partial charge in [0.15, 0.2) is 0 Å². The molecule has 104 valence electrons. The first kappa shape index (κ1) is 14.2. The number of aliphatic carboxylic acids is 1. The molecule has 1 fully saturated rings. The summed E-state index contributed by atoms with van der Waals surface area (Å²) in [5.74, 6) is -0.482. The van der Waals surface area contributed by atoms with E-state index >= 15 is 0 Å². The molecule has 1 N–H and O–H groups in total. The highest BCUT2D eigenvalue weighted by molar-refractivity contribution is 8.00. The molecule has 0 aromatic carbocycles. The number of thiophene rings is 1. The zero-order valence-corrected chi connectivity index (χ0v) is 12.4. The number of carboxylic acids is 1. The Morgan fingerprint density at radius 3 is 2.89 bits per heavy atom. The van der Waals surface area contributed by atoms with Gasteiger partial charge in [0.2, 0.25) is 0 Å². The molecule has 1 aliphatic heterocycles. The highest BCUT2D eigenvalue weighted by Gasteiger charge is 2.40. The molecule has 1 saturated heterocycles. The second-order valence-corrected chi connectivity index (χ2v) is 6.79.